The van der Waals surface area contributed by atoms with Crippen molar-refractivity contribution in [1.82, 2.24) is 20.2 Å². The molecule has 0 unspecified atom stereocenters. The van der Waals surface area contributed by atoms with Crippen molar-refractivity contribution < 1.29 is 0 Å². The fourth-order valence-corrected chi connectivity index (χ4v) is 1.98. The molecule has 0 radical (unpaired) electrons. The Kier molecular flexibility index (Phi) is 2.72. The highest BCUT2D eigenvalue weighted by molar-refractivity contribution is 6.30. The predicted molar refractivity (Wildman–Crippen MR) is 75.6 cm³/mol. The Morgan fingerprint density at radius 2 is 2.16 bits per heavy atom. The largest absolute Gasteiger partial charge is 0.368 e. The first-order valence-electron chi connectivity index (χ1n) is 5.63. The third-order valence-corrected chi connectivity index (χ3v) is 3.01. The number of nitrogens with one attached hydrogen (secondary N) is 2. The van der Waals surface area contributed by atoms with E-state index in [1.165, 1.54) is 0 Å². The van der Waals surface area contributed by atoms with Gasteiger partial charge < -0.3 is 11.1 Å². The molecule has 19 heavy (non-hydrogen) atoms. The topological polar surface area (TPSA) is 92.5 Å². The summed E-state index contributed by atoms with van der Waals surface area (Å²) in [5.74, 6) is 0.778. The number of rotatable bonds is 2. The van der Waals surface area contributed by atoms with Crippen LogP contribution in [-0.2, 0) is 0 Å². The van der Waals surface area contributed by atoms with Crippen LogP contribution in [0.25, 0.3) is 11.0 Å². The minimum Gasteiger partial charge on any atom is -0.368 e. The summed E-state index contributed by atoms with van der Waals surface area (Å²) in [5, 5.41) is 11.3. The molecule has 0 aliphatic heterocycles. The van der Waals surface area contributed by atoms with Gasteiger partial charge in [0.05, 0.1) is 11.6 Å². The SMILES string of the molecule is Cc1ccc(Cl)cc1Nc1nc(N)nc2[nH]ncc12. The van der Waals surface area contributed by atoms with Gasteiger partial charge in [0.1, 0.15) is 5.82 Å². The van der Waals surface area contributed by atoms with Crippen molar-refractivity contribution in [3.8, 4) is 0 Å². The third kappa shape index (κ3) is 2.17. The number of fused-ring (bicyclic) bond motifs is 1. The summed E-state index contributed by atoms with van der Waals surface area (Å²) < 4.78 is 0. The second kappa shape index (κ2) is 4.40. The molecule has 0 saturated carbocycles. The van der Waals surface area contributed by atoms with Crippen LogP contribution >= 0.6 is 11.6 Å². The van der Waals surface area contributed by atoms with E-state index in [2.05, 4.69) is 25.5 Å². The van der Waals surface area contributed by atoms with Crippen molar-refractivity contribution in [2.45, 2.75) is 6.92 Å². The molecule has 2 aromatic heterocycles. The van der Waals surface area contributed by atoms with Crippen LogP contribution in [0.2, 0.25) is 5.02 Å². The Morgan fingerprint density at radius 3 is 3.00 bits per heavy atom. The molecule has 2 heterocycles. The van der Waals surface area contributed by atoms with Crippen molar-refractivity contribution in [2.75, 3.05) is 11.1 Å². The molecule has 0 atom stereocenters. The molecule has 1 aromatic carbocycles. The molecule has 7 heteroatoms. The molecule has 3 rings (SSSR count). The number of anilines is 3. The van der Waals surface area contributed by atoms with Crippen LogP contribution in [-0.4, -0.2) is 20.2 Å². The summed E-state index contributed by atoms with van der Waals surface area (Å²) in [6.07, 6.45) is 1.65. The Hall–Kier alpha value is -2.34. The average molecular weight is 275 g/mol. The third-order valence-electron chi connectivity index (χ3n) is 2.78. The smallest absolute Gasteiger partial charge is 0.224 e. The zero-order chi connectivity index (χ0) is 13.4. The number of benzene rings is 1. The number of H-pyrrole nitrogens is 1. The molecule has 0 fully saturated rings. The van der Waals surface area contributed by atoms with Crippen molar-refractivity contribution >= 4 is 40.1 Å². The number of aromatic amines is 1. The average Bonchev–Trinajstić information content (AvgIpc) is 2.82. The lowest BCUT2D eigenvalue weighted by molar-refractivity contribution is 1.09. The van der Waals surface area contributed by atoms with E-state index in [1.807, 2.05) is 25.1 Å². The van der Waals surface area contributed by atoms with Gasteiger partial charge in [-0.25, -0.2) is 0 Å². The van der Waals surface area contributed by atoms with Crippen molar-refractivity contribution in [2.24, 2.45) is 0 Å². The fraction of sp³-hybridized carbons (Fsp3) is 0.0833. The van der Waals surface area contributed by atoms with E-state index in [9.17, 15) is 0 Å². The number of hydrogen-bond donors (Lipinski definition) is 3. The van der Waals surface area contributed by atoms with E-state index in [4.69, 9.17) is 17.3 Å². The number of nitrogen functional groups attached to an aromatic ring is 1. The van der Waals surface area contributed by atoms with Gasteiger partial charge in [-0.2, -0.15) is 15.1 Å². The van der Waals surface area contributed by atoms with Gasteiger partial charge in [0.15, 0.2) is 5.65 Å². The molecular weight excluding hydrogens is 264 g/mol. The lowest BCUT2D eigenvalue weighted by atomic mass is 10.2. The number of aryl methyl sites for hydroxylation is 1. The zero-order valence-corrected chi connectivity index (χ0v) is 10.9. The highest BCUT2D eigenvalue weighted by Crippen LogP contribution is 2.27. The number of nitrogens with two attached hydrogens (primary N) is 1. The predicted octanol–water partition coefficient (Wildman–Crippen LogP) is 2.64. The normalized spacial score (nSPS) is 10.8. The highest BCUT2D eigenvalue weighted by Gasteiger charge is 2.09. The molecule has 6 nitrogen and oxygen atoms in total. The van der Waals surface area contributed by atoms with Crippen LogP contribution in [0, 0.1) is 6.92 Å². The molecule has 0 aliphatic carbocycles. The quantitative estimate of drug-likeness (QED) is 0.668. The summed E-state index contributed by atoms with van der Waals surface area (Å²) in [5.41, 5.74) is 8.18. The van der Waals surface area contributed by atoms with Gasteiger partial charge in [0, 0.05) is 10.7 Å². The maximum absolute atomic E-state index is 6.00. The Bertz CT molecular complexity index is 751. The standard InChI is InChI=1S/C12H11ClN6/c1-6-2-3-7(13)4-9(6)16-10-8-5-15-19-11(8)18-12(14)17-10/h2-5H,1H3,(H4,14,15,16,17,18,19). The number of nitrogens with zero attached hydrogens (tertiary/aromatic N) is 3. The van der Waals surface area contributed by atoms with Crippen LogP contribution in [0.1, 0.15) is 5.56 Å². The second-order valence-electron chi connectivity index (χ2n) is 4.15. The first-order valence-corrected chi connectivity index (χ1v) is 6.01. The van der Waals surface area contributed by atoms with E-state index in [0.717, 1.165) is 16.6 Å². The van der Waals surface area contributed by atoms with E-state index < -0.39 is 0 Å². The molecule has 0 spiro atoms. The van der Waals surface area contributed by atoms with Gasteiger partial charge in [0.2, 0.25) is 5.95 Å². The van der Waals surface area contributed by atoms with Crippen LogP contribution < -0.4 is 11.1 Å². The van der Waals surface area contributed by atoms with Crippen LogP contribution in [0.5, 0.6) is 0 Å². The monoisotopic (exact) mass is 274 g/mol. The Balaban J connectivity index is 2.10. The maximum atomic E-state index is 6.00. The molecule has 0 amide bonds. The van der Waals surface area contributed by atoms with Crippen molar-refractivity contribution in [1.29, 1.82) is 0 Å². The minimum atomic E-state index is 0.180. The van der Waals surface area contributed by atoms with E-state index in [0.29, 0.717) is 16.5 Å². The Labute approximate surface area is 114 Å². The number of halogens is 1. The summed E-state index contributed by atoms with van der Waals surface area (Å²) in [7, 11) is 0. The van der Waals surface area contributed by atoms with Crippen LogP contribution in [0.4, 0.5) is 17.5 Å². The molecule has 3 aromatic rings. The maximum Gasteiger partial charge on any atom is 0.224 e. The van der Waals surface area contributed by atoms with Gasteiger partial charge in [0.25, 0.3) is 0 Å². The molecule has 0 bridgehead atoms. The van der Waals surface area contributed by atoms with Gasteiger partial charge in [-0.15, -0.1) is 0 Å². The molecule has 96 valence electrons. The molecule has 0 saturated heterocycles. The van der Waals surface area contributed by atoms with E-state index in [-0.39, 0.29) is 5.95 Å². The zero-order valence-electron chi connectivity index (χ0n) is 10.1. The van der Waals surface area contributed by atoms with Crippen LogP contribution in [0.3, 0.4) is 0 Å². The summed E-state index contributed by atoms with van der Waals surface area (Å²) in [4.78, 5) is 8.25. The van der Waals surface area contributed by atoms with Crippen molar-refractivity contribution in [3.05, 3.63) is 35.0 Å². The van der Waals surface area contributed by atoms with Crippen LogP contribution in [0.15, 0.2) is 24.4 Å². The van der Waals surface area contributed by atoms with Gasteiger partial charge in [-0.05, 0) is 24.6 Å². The first-order chi connectivity index (χ1) is 9.13. The first kappa shape index (κ1) is 11.7. The lowest BCUT2D eigenvalue weighted by Crippen LogP contribution is -2.01. The molecular formula is C12H11ClN6. The summed E-state index contributed by atoms with van der Waals surface area (Å²) in [6.45, 7) is 1.98. The molecule has 0 aliphatic rings. The fourth-order valence-electron chi connectivity index (χ4n) is 1.80. The van der Waals surface area contributed by atoms with Gasteiger partial charge in [-0.3, -0.25) is 5.10 Å². The van der Waals surface area contributed by atoms with E-state index >= 15 is 0 Å². The summed E-state index contributed by atoms with van der Waals surface area (Å²) >= 11 is 6.00. The van der Waals surface area contributed by atoms with Gasteiger partial charge >= 0.3 is 0 Å². The number of hydrogen-bond acceptors (Lipinski definition) is 5. The van der Waals surface area contributed by atoms with E-state index in [1.54, 1.807) is 6.20 Å². The molecule has 4 N–H and O–H groups in total. The second-order valence-corrected chi connectivity index (χ2v) is 4.58. The summed E-state index contributed by atoms with van der Waals surface area (Å²) in [6, 6.07) is 5.60. The number of aromatic nitrogens is 4. The van der Waals surface area contributed by atoms with Crippen molar-refractivity contribution in [3.63, 3.8) is 0 Å². The minimum absolute atomic E-state index is 0.180. The van der Waals surface area contributed by atoms with Gasteiger partial charge in [-0.1, -0.05) is 17.7 Å². The Morgan fingerprint density at radius 1 is 1.32 bits per heavy atom. The highest BCUT2D eigenvalue weighted by atomic mass is 35.5. The lowest BCUT2D eigenvalue weighted by Gasteiger charge is -2.10.